The third kappa shape index (κ3) is 5.81. The molecule has 1 unspecified atom stereocenters. The Balaban J connectivity index is 2.45. The van der Waals surface area contributed by atoms with E-state index in [1.807, 2.05) is 6.92 Å². The predicted molar refractivity (Wildman–Crippen MR) is 79.4 cm³/mol. The summed E-state index contributed by atoms with van der Waals surface area (Å²) < 4.78 is 0. The van der Waals surface area contributed by atoms with Gasteiger partial charge in [-0.15, -0.1) is 0 Å². The maximum atomic E-state index is 11.9. The first-order valence-corrected chi connectivity index (χ1v) is 7.14. The van der Waals surface area contributed by atoms with Crippen LogP contribution in [0.2, 0.25) is 0 Å². The van der Waals surface area contributed by atoms with Gasteiger partial charge in [0, 0.05) is 18.7 Å². The summed E-state index contributed by atoms with van der Waals surface area (Å²) in [4.78, 5) is 36.6. The second-order valence-electron chi connectivity index (χ2n) is 5.14. The van der Waals surface area contributed by atoms with Crippen LogP contribution < -0.4 is 10.9 Å². The van der Waals surface area contributed by atoms with Gasteiger partial charge in [-0.1, -0.05) is 13.3 Å². The minimum atomic E-state index is -0.802. The fourth-order valence-electron chi connectivity index (χ4n) is 2.12. The highest BCUT2D eigenvalue weighted by molar-refractivity contribution is 5.93. The molecule has 1 aromatic rings. The molecule has 3 N–H and O–H groups in total. The molecule has 1 atom stereocenters. The van der Waals surface area contributed by atoms with E-state index < -0.39 is 17.4 Å². The summed E-state index contributed by atoms with van der Waals surface area (Å²) in [7, 11) is 0. The van der Waals surface area contributed by atoms with Crippen LogP contribution in [0.15, 0.2) is 16.9 Å². The van der Waals surface area contributed by atoms with Gasteiger partial charge in [-0.25, -0.2) is 0 Å². The number of aryl methyl sites for hydroxylation is 1. The van der Waals surface area contributed by atoms with Crippen molar-refractivity contribution in [3.8, 4) is 0 Å². The second-order valence-corrected chi connectivity index (χ2v) is 5.14. The monoisotopic (exact) mass is 294 g/mol. The number of carbonyl (C=O) groups excluding carboxylic acids is 1. The molecule has 0 fully saturated rings. The zero-order valence-electron chi connectivity index (χ0n) is 12.4. The molecule has 0 spiro atoms. The van der Waals surface area contributed by atoms with Crippen LogP contribution >= 0.6 is 0 Å². The summed E-state index contributed by atoms with van der Waals surface area (Å²) in [6.45, 7) is 4.18. The number of amides is 1. The van der Waals surface area contributed by atoms with E-state index in [2.05, 4.69) is 10.3 Å². The average molecular weight is 294 g/mol. The Hall–Kier alpha value is -2.11. The molecule has 0 aliphatic rings. The van der Waals surface area contributed by atoms with E-state index in [1.54, 1.807) is 13.0 Å². The summed E-state index contributed by atoms with van der Waals surface area (Å²) in [6, 6.07) is 3.18. The zero-order chi connectivity index (χ0) is 15.8. The fourth-order valence-corrected chi connectivity index (χ4v) is 2.12. The third-order valence-electron chi connectivity index (χ3n) is 3.48. The highest BCUT2D eigenvalue weighted by Gasteiger charge is 2.12. The van der Waals surface area contributed by atoms with Crippen LogP contribution in [0.3, 0.4) is 0 Å². The Morgan fingerprint density at radius 2 is 2.05 bits per heavy atom. The first-order chi connectivity index (χ1) is 9.93. The first kappa shape index (κ1) is 16.9. The van der Waals surface area contributed by atoms with Gasteiger partial charge in [0.25, 0.3) is 11.5 Å². The van der Waals surface area contributed by atoms with Crippen LogP contribution in [0, 0.1) is 12.8 Å². The van der Waals surface area contributed by atoms with Crippen LogP contribution in [0.25, 0.3) is 0 Å². The van der Waals surface area contributed by atoms with E-state index in [0.717, 1.165) is 6.42 Å². The van der Waals surface area contributed by atoms with Gasteiger partial charge in [-0.3, -0.25) is 14.4 Å². The summed E-state index contributed by atoms with van der Waals surface area (Å²) in [6.07, 6.45) is 2.32. The Bertz CT molecular complexity index is 551. The highest BCUT2D eigenvalue weighted by Crippen LogP contribution is 2.14. The number of aliphatic carboxylic acids is 1. The van der Waals surface area contributed by atoms with Crippen LogP contribution in [0.5, 0.6) is 0 Å². The standard InChI is InChI=1S/C15H22N2O4/c1-3-11(5-7-13(18)19)8-9-16-14(20)12-6-4-10(2)17-15(12)21/h4,6,11H,3,5,7-9H2,1-2H3,(H,16,20)(H,17,21)(H,18,19). The van der Waals surface area contributed by atoms with Crippen LogP contribution in [0.4, 0.5) is 0 Å². The number of hydrogen-bond acceptors (Lipinski definition) is 3. The Morgan fingerprint density at radius 3 is 2.62 bits per heavy atom. The molecule has 0 radical (unpaired) electrons. The van der Waals surface area contributed by atoms with E-state index in [4.69, 9.17) is 5.11 Å². The van der Waals surface area contributed by atoms with E-state index in [9.17, 15) is 14.4 Å². The third-order valence-corrected chi connectivity index (χ3v) is 3.48. The quantitative estimate of drug-likeness (QED) is 0.679. The molecular weight excluding hydrogens is 272 g/mol. The summed E-state index contributed by atoms with van der Waals surface area (Å²) in [5, 5.41) is 11.4. The predicted octanol–water partition coefficient (Wildman–Crippen LogP) is 1.69. The second kappa shape index (κ2) is 8.24. The SMILES string of the molecule is CCC(CCNC(=O)c1ccc(C)[nH]c1=O)CCC(=O)O. The minimum absolute atomic E-state index is 0.0965. The Kier molecular flexibility index (Phi) is 6.65. The lowest BCUT2D eigenvalue weighted by Crippen LogP contribution is -2.31. The number of aromatic amines is 1. The highest BCUT2D eigenvalue weighted by atomic mass is 16.4. The fraction of sp³-hybridized carbons (Fsp3) is 0.533. The minimum Gasteiger partial charge on any atom is -0.481 e. The number of rotatable bonds is 8. The molecule has 0 saturated carbocycles. The van der Waals surface area contributed by atoms with E-state index in [1.165, 1.54) is 6.07 Å². The number of aromatic nitrogens is 1. The lowest BCUT2D eigenvalue weighted by molar-refractivity contribution is -0.137. The maximum Gasteiger partial charge on any atom is 0.303 e. The number of carboxylic acids is 1. The Morgan fingerprint density at radius 1 is 1.33 bits per heavy atom. The number of carbonyl (C=O) groups is 2. The molecule has 0 saturated heterocycles. The lowest BCUT2D eigenvalue weighted by Gasteiger charge is -2.13. The topological polar surface area (TPSA) is 99.3 Å². The molecule has 0 bridgehead atoms. The van der Waals surface area contributed by atoms with Crippen molar-refractivity contribution in [1.82, 2.24) is 10.3 Å². The van der Waals surface area contributed by atoms with Crippen molar-refractivity contribution < 1.29 is 14.7 Å². The normalized spacial score (nSPS) is 11.9. The van der Waals surface area contributed by atoms with E-state index in [-0.39, 0.29) is 17.9 Å². The summed E-state index contributed by atoms with van der Waals surface area (Å²) >= 11 is 0. The van der Waals surface area contributed by atoms with Gasteiger partial charge < -0.3 is 15.4 Å². The van der Waals surface area contributed by atoms with Crippen LogP contribution in [-0.2, 0) is 4.79 Å². The van der Waals surface area contributed by atoms with Gasteiger partial charge in [0.05, 0.1) is 0 Å². The summed E-state index contributed by atoms with van der Waals surface area (Å²) in [5.41, 5.74) is 0.404. The van der Waals surface area contributed by atoms with E-state index >= 15 is 0 Å². The first-order valence-electron chi connectivity index (χ1n) is 7.14. The van der Waals surface area contributed by atoms with Gasteiger partial charge in [-0.05, 0) is 37.8 Å². The van der Waals surface area contributed by atoms with Crippen molar-refractivity contribution in [3.63, 3.8) is 0 Å². The molecule has 6 heteroatoms. The van der Waals surface area contributed by atoms with Gasteiger partial charge in [0.15, 0.2) is 0 Å². The maximum absolute atomic E-state index is 11.9. The molecule has 0 aliphatic carbocycles. The summed E-state index contributed by atoms with van der Waals surface area (Å²) in [5.74, 6) is -0.939. The number of nitrogens with one attached hydrogen (secondary N) is 2. The molecule has 1 rings (SSSR count). The van der Waals surface area contributed by atoms with Crippen LogP contribution in [-0.4, -0.2) is 28.5 Å². The molecule has 116 valence electrons. The Labute approximate surface area is 123 Å². The lowest BCUT2D eigenvalue weighted by atomic mass is 9.96. The van der Waals surface area contributed by atoms with Crippen LogP contribution in [0.1, 0.15) is 48.7 Å². The molecule has 21 heavy (non-hydrogen) atoms. The van der Waals surface area contributed by atoms with Crippen molar-refractivity contribution in [2.45, 2.75) is 39.5 Å². The molecule has 1 aromatic heterocycles. The van der Waals surface area contributed by atoms with Crippen molar-refractivity contribution in [3.05, 3.63) is 33.7 Å². The molecule has 6 nitrogen and oxygen atoms in total. The van der Waals surface area contributed by atoms with Crippen molar-refractivity contribution in [2.24, 2.45) is 5.92 Å². The molecule has 1 amide bonds. The van der Waals surface area contributed by atoms with E-state index in [0.29, 0.717) is 25.1 Å². The largest absolute Gasteiger partial charge is 0.481 e. The number of carboxylic acid groups (broad SMARTS) is 1. The molecular formula is C15H22N2O4. The average Bonchev–Trinajstić information content (AvgIpc) is 2.42. The number of pyridine rings is 1. The number of hydrogen-bond donors (Lipinski definition) is 3. The van der Waals surface area contributed by atoms with Gasteiger partial charge in [0.2, 0.25) is 0 Å². The van der Waals surface area contributed by atoms with Gasteiger partial charge >= 0.3 is 5.97 Å². The smallest absolute Gasteiger partial charge is 0.303 e. The molecule has 0 aliphatic heterocycles. The zero-order valence-corrected chi connectivity index (χ0v) is 12.4. The molecule has 0 aromatic carbocycles. The molecule has 1 heterocycles. The van der Waals surface area contributed by atoms with Gasteiger partial charge in [-0.2, -0.15) is 0 Å². The van der Waals surface area contributed by atoms with Crippen molar-refractivity contribution in [2.75, 3.05) is 6.54 Å². The van der Waals surface area contributed by atoms with Crippen molar-refractivity contribution in [1.29, 1.82) is 0 Å². The van der Waals surface area contributed by atoms with Gasteiger partial charge in [0.1, 0.15) is 5.56 Å². The van der Waals surface area contributed by atoms with Crippen molar-refractivity contribution >= 4 is 11.9 Å². The number of H-pyrrole nitrogens is 1.